The summed E-state index contributed by atoms with van der Waals surface area (Å²) in [7, 11) is 0. The fraction of sp³-hybridized carbons (Fsp3) is 0.316. The molecule has 1 atom stereocenters. The summed E-state index contributed by atoms with van der Waals surface area (Å²) in [6, 6.07) is 13.0. The molecular weight excluding hydrogens is 288 g/mol. The van der Waals surface area contributed by atoms with Crippen LogP contribution in [0.5, 0.6) is 0 Å². The van der Waals surface area contributed by atoms with Crippen molar-refractivity contribution >= 4 is 23.0 Å². The lowest BCUT2D eigenvalue weighted by atomic mass is 10.0. The van der Waals surface area contributed by atoms with E-state index in [9.17, 15) is 0 Å². The van der Waals surface area contributed by atoms with Gasteiger partial charge in [-0.15, -0.1) is 0 Å². The summed E-state index contributed by atoms with van der Waals surface area (Å²) in [5, 5.41) is 7.25. The van der Waals surface area contributed by atoms with Crippen LogP contribution in [-0.4, -0.2) is 5.11 Å². The third-order valence-corrected chi connectivity index (χ3v) is 4.36. The number of hydrogen-bond acceptors (Lipinski definition) is 1. The van der Waals surface area contributed by atoms with Gasteiger partial charge in [0, 0.05) is 5.69 Å². The molecule has 0 saturated carbocycles. The van der Waals surface area contributed by atoms with Crippen molar-refractivity contribution in [2.75, 3.05) is 5.32 Å². The van der Waals surface area contributed by atoms with Crippen molar-refractivity contribution in [2.45, 2.75) is 40.7 Å². The first-order chi connectivity index (χ1) is 10.4. The first kappa shape index (κ1) is 16.5. The number of benzene rings is 2. The Balaban J connectivity index is 2.01. The minimum atomic E-state index is 0.172. The topological polar surface area (TPSA) is 24.1 Å². The minimum absolute atomic E-state index is 0.172. The quantitative estimate of drug-likeness (QED) is 0.783. The molecule has 2 N–H and O–H groups in total. The molecule has 0 heterocycles. The van der Waals surface area contributed by atoms with E-state index in [1.54, 1.807) is 0 Å². The predicted octanol–water partition coefficient (Wildman–Crippen LogP) is 4.97. The summed E-state index contributed by atoms with van der Waals surface area (Å²) >= 11 is 5.42. The third-order valence-electron chi connectivity index (χ3n) is 4.14. The summed E-state index contributed by atoms with van der Waals surface area (Å²) < 4.78 is 0. The second-order valence-corrected chi connectivity index (χ2v) is 6.37. The standard InChI is InChI=1S/C19H24N2S/c1-12-6-8-17(10-14(12)3)16(5)20-19(22)21-18-9-7-13(2)15(4)11-18/h6-11,16H,1-5H3,(H2,20,21,22)/t16-/m1/s1. The Morgan fingerprint density at radius 2 is 1.45 bits per heavy atom. The molecule has 22 heavy (non-hydrogen) atoms. The van der Waals surface area contributed by atoms with Gasteiger partial charge in [-0.2, -0.15) is 0 Å². The molecule has 3 heteroatoms. The number of thiocarbonyl (C=S) groups is 1. The van der Waals surface area contributed by atoms with E-state index in [1.807, 2.05) is 0 Å². The molecule has 0 amide bonds. The number of rotatable bonds is 3. The molecule has 0 aliphatic heterocycles. The van der Waals surface area contributed by atoms with Crippen LogP contribution >= 0.6 is 12.2 Å². The van der Waals surface area contributed by atoms with Crippen LogP contribution in [0.25, 0.3) is 0 Å². The molecule has 0 aromatic heterocycles. The van der Waals surface area contributed by atoms with Crippen molar-refractivity contribution in [3.8, 4) is 0 Å². The van der Waals surface area contributed by atoms with Gasteiger partial charge >= 0.3 is 0 Å². The maximum atomic E-state index is 5.42. The normalized spacial score (nSPS) is 11.9. The monoisotopic (exact) mass is 312 g/mol. The molecule has 0 aliphatic rings. The van der Waals surface area contributed by atoms with Gasteiger partial charge in [0.05, 0.1) is 6.04 Å². The SMILES string of the molecule is Cc1ccc(NC(=S)N[C@H](C)c2ccc(C)c(C)c2)cc1C. The van der Waals surface area contributed by atoms with Crippen LogP contribution < -0.4 is 10.6 Å². The zero-order valence-corrected chi connectivity index (χ0v) is 14.8. The highest BCUT2D eigenvalue weighted by Crippen LogP contribution is 2.18. The highest BCUT2D eigenvalue weighted by Gasteiger charge is 2.08. The van der Waals surface area contributed by atoms with E-state index in [2.05, 4.69) is 81.7 Å². The molecule has 0 radical (unpaired) electrons. The zero-order chi connectivity index (χ0) is 16.3. The number of nitrogens with one attached hydrogen (secondary N) is 2. The summed E-state index contributed by atoms with van der Waals surface area (Å²) in [6.45, 7) is 10.6. The maximum absolute atomic E-state index is 5.42. The van der Waals surface area contributed by atoms with Gasteiger partial charge in [0.25, 0.3) is 0 Å². The van der Waals surface area contributed by atoms with Crippen LogP contribution in [0.15, 0.2) is 36.4 Å². The van der Waals surface area contributed by atoms with Crippen LogP contribution in [0.4, 0.5) is 5.69 Å². The van der Waals surface area contributed by atoms with E-state index >= 15 is 0 Å². The Bertz CT molecular complexity index is 692. The highest BCUT2D eigenvalue weighted by molar-refractivity contribution is 7.80. The van der Waals surface area contributed by atoms with E-state index < -0.39 is 0 Å². The van der Waals surface area contributed by atoms with Crippen molar-refractivity contribution < 1.29 is 0 Å². The summed E-state index contributed by atoms with van der Waals surface area (Å²) in [4.78, 5) is 0. The van der Waals surface area contributed by atoms with Gasteiger partial charge in [0.1, 0.15) is 0 Å². The van der Waals surface area contributed by atoms with Crippen LogP contribution in [-0.2, 0) is 0 Å². The van der Waals surface area contributed by atoms with Crippen LogP contribution in [0.2, 0.25) is 0 Å². The van der Waals surface area contributed by atoms with Gasteiger partial charge in [-0.25, -0.2) is 0 Å². The Kier molecular flexibility index (Phi) is 5.19. The Morgan fingerprint density at radius 3 is 2.05 bits per heavy atom. The Morgan fingerprint density at radius 1 is 0.864 bits per heavy atom. The molecule has 2 rings (SSSR count). The molecule has 116 valence electrons. The first-order valence-corrected chi connectivity index (χ1v) is 7.99. The predicted molar refractivity (Wildman–Crippen MR) is 99.6 cm³/mol. The van der Waals surface area contributed by atoms with Crippen LogP contribution in [0.3, 0.4) is 0 Å². The van der Waals surface area contributed by atoms with Crippen molar-refractivity contribution in [1.82, 2.24) is 5.32 Å². The smallest absolute Gasteiger partial charge is 0.171 e. The summed E-state index contributed by atoms with van der Waals surface area (Å²) in [6.07, 6.45) is 0. The number of aryl methyl sites for hydroxylation is 4. The largest absolute Gasteiger partial charge is 0.356 e. The molecule has 0 fully saturated rings. The average molecular weight is 312 g/mol. The second kappa shape index (κ2) is 6.93. The molecule has 0 bridgehead atoms. The highest BCUT2D eigenvalue weighted by atomic mass is 32.1. The zero-order valence-electron chi connectivity index (χ0n) is 13.9. The average Bonchev–Trinajstić information content (AvgIpc) is 2.45. The molecule has 0 spiro atoms. The van der Waals surface area contributed by atoms with Gasteiger partial charge in [-0.3, -0.25) is 0 Å². The fourth-order valence-corrected chi connectivity index (χ4v) is 2.59. The van der Waals surface area contributed by atoms with Gasteiger partial charge in [0.2, 0.25) is 0 Å². The second-order valence-electron chi connectivity index (χ2n) is 5.96. The van der Waals surface area contributed by atoms with E-state index in [4.69, 9.17) is 12.2 Å². The van der Waals surface area contributed by atoms with Gasteiger partial charge in [-0.1, -0.05) is 24.3 Å². The molecule has 2 nitrogen and oxygen atoms in total. The van der Waals surface area contributed by atoms with Crippen LogP contribution in [0, 0.1) is 27.7 Å². The first-order valence-electron chi connectivity index (χ1n) is 7.58. The van der Waals surface area contributed by atoms with E-state index in [-0.39, 0.29) is 6.04 Å². The Hall–Kier alpha value is -1.87. The van der Waals surface area contributed by atoms with Crippen molar-refractivity contribution in [1.29, 1.82) is 0 Å². The Labute approximate surface area is 139 Å². The molecule has 2 aromatic carbocycles. The van der Waals surface area contributed by atoms with E-state index in [0.29, 0.717) is 5.11 Å². The maximum Gasteiger partial charge on any atom is 0.171 e. The molecule has 2 aromatic rings. The molecule has 0 saturated heterocycles. The van der Waals surface area contributed by atoms with Crippen molar-refractivity contribution in [3.63, 3.8) is 0 Å². The van der Waals surface area contributed by atoms with Gasteiger partial charge < -0.3 is 10.6 Å². The van der Waals surface area contributed by atoms with Crippen molar-refractivity contribution in [2.24, 2.45) is 0 Å². The molecule has 0 aliphatic carbocycles. The van der Waals surface area contributed by atoms with Gasteiger partial charge in [0.15, 0.2) is 5.11 Å². The molecule has 0 unspecified atom stereocenters. The fourth-order valence-electron chi connectivity index (χ4n) is 2.30. The lowest BCUT2D eigenvalue weighted by Gasteiger charge is -2.18. The number of anilines is 1. The van der Waals surface area contributed by atoms with E-state index in [1.165, 1.54) is 27.8 Å². The molecular formula is C19H24N2S. The van der Waals surface area contributed by atoms with Gasteiger partial charge in [-0.05, 0) is 86.8 Å². The number of hydrogen-bond donors (Lipinski definition) is 2. The lowest BCUT2D eigenvalue weighted by molar-refractivity contribution is 0.721. The minimum Gasteiger partial charge on any atom is -0.356 e. The van der Waals surface area contributed by atoms with Crippen LogP contribution in [0.1, 0.15) is 40.8 Å². The summed E-state index contributed by atoms with van der Waals surface area (Å²) in [5.41, 5.74) is 7.43. The van der Waals surface area contributed by atoms with Crippen molar-refractivity contribution in [3.05, 3.63) is 64.2 Å². The third kappa shape index (κ3) is 4.08. The lowest BCUT2D eigenvalue weighted by Crippen LogP contribution is -2.31. The van der Waals surface area contributed by atoms with E-state index in [0.717, 1.165) is 5.69 Å². The summed E-state index contributed by atoms with van der Waals surface area (Å²) in [5.74, 6) is 0.